The monoisotopic (exact) mass is 166 g/mol. The van der Waals surface area contributed by atoms with Gasteiger partial charge in [-0.1, -0.05) is 18.2 Å². The predicted molar refractivity (Wildman–Crippen MR) is 44.3 cm³/mol. The van der Waals surface area contributed by atoms with Gasteiger partial charge < -0.3 is 9.05 Å². The van der Waals surface area contributed by atoms with Crippen LogP contribution in [0.5, 0.6) is 0 Å². The van der Waals surface area contributed by atoms with Crippen molar-refractivity contribution in [2.75, 3.05) is 0 Å². The Labute approximate surface area is 66.4 Å². The molecule has 1 heterocycles. The average molecular weight is 166 g/mol. The highest BCUT2D eigenvalue weighted by Crippen LogP contribution is 2.41. The first-order chi connectivity index (χ1) is 5.47. The maximum atomic E-state index is 5.20. The summed E-state index contributed by atoms with van der Waals surface area (Å²) >= 11 is 0. The van der Waals surface area contributed by atoms with Gasteiger partial charge in [-0.2, -0.15) is 0 Å². The molecule has 0 spiro atoms. The average Bonchev–Trinajstić information content (AvgIpc) is 2.58. The first-order valence-electron chi connectivity index (χ1n) is 3.30. The van der Waals surface area contributed by atoms with Crippen LogP contribution < -0.4 is 5.30 Å². The molecule has 0 saturated heterocycles. The highest BCUT2D eigenvalue weighted by molar-refractivity contribution is 7.56. The van der Waals surface area contributed by atoms with Crippen molar-refractivity contribution in [3.05, 3.63) is 42.9 Å². The molecule has 2 rings (SSSR count). The van der Waals surface area contributed by atoms with Gasteiger partial charge in [0.2, 0.25) is 0 Å². The molecule has 1 aromatic rings. The summed E-state index contributed by atoms with van der Waals surface area (Å²) in [5.74, 6) is 0. The van der Waals surface area contributed by atoms with E-state index in [1.165, 1.54) is 0 Å². The molecular weight excluding hydrogens is 159 g/mol. The molecule has 1 aromatic carbocycles. The molecule has 2 nitrogen and oxygen atoms in total. The second kappa shape index (κ2) is 2.93. The molecule has 11 heavy (non-hydrogen) atoms. The lowest BCUT2D eigenvalue weighted by Crippen LogP contribution is -1.98. The van der Waals surface area contributed by atoms with Crippen molar-refractivity contribution in [2.45, 2.75) is 0 Å². The molecule has 0 aliphatic carbocycles. The highest BCUT2D eigenvalue weighted by Gasteiger charge is 2.16. The molecule has 1 aliphatic heterocycles. The van der Waals surface area contributed by atoms with Crippen LogP contribution in [0.25, 0.3) is 0 Å². The van der Waals surface area contributed by atoms with E-state index in [4.69, 9.17) is 9.05 Å². The van der Waals surface area contributed by atoms with Gasteiger partial charge in [0.1, 0.15) is 12.5 Å². The fourth-order valence-electron chi connectivity index (χ4n) is 0.857. The van der Waals surface area contributed by atoms with Gasteiger partial charge in [-0.25, -0.2) is 0 Å². The predicted octanol–water partition coefficient (Wildman–Crippen LogP) is 2.14. The van der Waals surface area contributed by atoms with E-state index in [0.29, 0.717) is 0 Å². The van der Waals surface area contributed by atoms with Crippen molar-refractivity contribution < 1.29 is 9.05 Å². The standard InChI is InChI=1S/C8H7O2P/c1-2-4-8(5-3-1)11-9-6-7-10-11/h1-7H. The van der Waals surface area contributed by atoms with Gasteiger partial charge in [0, 0.05) is 0 Å². The SMILES string of the molecule is C1=COP(c2ccccc2)O1. The zero-order chi connectivity index (χ0) is 7.52. The topological polar surface area (TPSA) is 18.5 Å². The Morgan fingerprint density at radius 1 is 0.909 bits per heavy atom. The van der Waals surface area contributed by atoms with Crippen molar-refractivity contribution in [1.29, 1.82) is 0 Å². The van der Waals surface area contributed by atoms with Crippen LogP contribution >= 0.6 is 8.38 Å². The second-order valence-electron chi connectivity index (χ2n) is 2.08. The van der Waals surface area contributed by atoms with Gasteiger partial charge in [-0.15, -0.1) is 0 Å². The molecule has 0 atom stereocenters. The fourth-order valence-corrected chi connectivity index (χ4v) is 1.89. The maximum absolute atomic E-state index is 5.20. The molecular formula is C8H7O2P. The van der Waals surface area contributed by atoms with E-state index >= 15 is 0 Å². The highest BCUT2D eigenvalue weighted by atomic mass is 31.2. The van der Waals surface area contributed by atoms with Crippen LogP contribution in [0.3, 0.4) is 0 Å². The lowest BCUT2D eigenvalue weighted by molar-refractivity contribution is 0.490. The molecule has 0 amide bonds. The molecule has 0 aromatic heterocycles. The molecule has 0 fully saturated rings. The van der Waals surface area contributed by atoms with E-state index < -0.39 is 8.38 Å². The minimum atomic E-state index is -0.851. The summed E-state index contributed by atoms with van der Waals surface area (Å²) in [5, 5.41) is 1.10. The van der Waals surface area contributed by atoms with Gasteiger partial charge in [0.25, 0.3) is 0 Å². The third-order valence-corrected chi connectivity index (χ3v) is 2.68. The summed E-state index contributed by atoms with van der Waals surface area (Å²) in [7, 11) is -0.851. The summed E-state index contributed by atoms with van der Waals surface area (Å²) in [4.78, 5) is 0. The smallest absolute Gasteiger partial charge is 0.325 e. The number of rotatable bonds is 1. The van der Waals surface area contributed by atoms with Crippen LogP contribution in [-0.2, 0) is 9.05 Å². The van der Waals surface area contributed by atoms with E-state index in [2.05, 4.69) is 0 Å². The van der Waals surface area contributed by atoms with Gasteiger partial charge >= 0.3 is 8.38 Å². The van der Waals surface area contributed by atoms with Gasteiger partial charge in [-0.3, -0.25) is 0 Å². The molecule has 1 aliphatic rings. The summed E-state index contributed by atoms with van der Waals surface area (Å²) < 4.78 is 10.4. The summed E-state index contributed by atoms with van der Waals surface area (Å²) in [6.07, 6.45) is 3.16. The van der Waals surface area contributed by atoms with Crippen LogP contribution in [0.1, 0.15) is 0 Å². The van der Waals surface area contributed by atoms with Gasteiger partial charge in [-0.05, 0) is 12.1 Å². The normalized spacial score (nSPS) is 16.0. The summed E-state index contributed by atoms with van der Waals surface area (Å²) in [6.45, 7) is 0. The minimum absolute atomic E-state index is 0.851. The lowest BCUT2D eigenvalue weighted by Gasteiger charge is -2.06. The van der Waals surface area contributed by atoms with E-state index in [1.807, 2.05) is 30.3 Å². The third-order valence-electron chi connectivity index (χ3n) is 1.34. The molecule has 3 heteroatoms. The van der Waals surface area contributed by atoms with E-state index in [1.54, 1.807) is 12.5 Å². The van der Waals surface area contributed by atoms with Gasteiger partial charge in [0.15, 0.2) is 0 Å². The molecule has 0 bridgehead atoms. The first-order valence-corrected chi connectivity index (χ1v) is 4.48. The number of hydrogen-bond acceptors (Lipinski definition) is 2. The largest absolute Gasteiger partial charge is 0.440 e. The van der Waals surface area contributed by atoms with Crippen molar-refractivity contribution >= 4 is 13.7 Å². The van der Waals surface area contributed by atoms with Crippen LogP contribution in [-0.4, -0.2) is 0 Å². The lowest BCUT2D eigenvalue weighted by atomic mass is 10.4. The van der Waals surface area contributed by atoms with Crippen molar-refractivity contribution in [2.24, 2.45) is 0 Å². The van der Waals surface area contributed by atoms with Crippen LogP contribution in [0, 0.1) is 0 Å². The first kappa shape index (κ1) is 6.68. The molecule has 0 radical (unpaired) electrons. The third kappa shape index (κ3) is 1.36. The van der Waals surface area contributed by atoms with Crippen molar-refractivity contribution in [3.8, 4) is 0 Å². The summed E-state index contributed by atoms with van der Waals surface area (Å²) in [5.41, 5.74) is 0. The number of benzene rings is 1. The van der Waals surface area contributed by atoms with Crippen LogP contribution in [0.15, 0.2) is 42.9 Å². The van der Waals surface area contributed by atoms with E-state index in [-0.39, 0.29) is 0 Å². The Kier molecular flexibility index (Phi) is 1.78. The molecule has 0 N–H and O–H groups in total. The maximum Gasteiger partial charge on any atom is 0.325 e. The zero-order valence-electron chi connectivity index (χ0n) is 5.81. The quantitative estimate of drug-likeness (QED) is 0.595. The van der Waals surface area contributed by atoms with Crippen molar-refractivity contribution in [1.82, 2.24) is 0 Å². The van der Waals surface area contributed by atoms with E-state index in [9.17, 15) is 0 Å². The zero-order valence-corrected chi connectivity index (χ0v) is 6.70. The van der Waals surface area contributed by atoms with Crippen molar-refractivity contribution in [3.63, 3.8) is 0 Å². The van der Waals surface area contributed by atoms with Crippen LogP contribution in [0.2, 0.25) is 0 Å². The Morgan fingerprint density at radius 2 is 1.55 bits per heavy atom. The minimum Gasteiger partial charge on any atom is -0.440 e. The molecule has 0 unspecified atom stereocenters. The Bertz CT molecular complexity index is 250. The molecule has 56 valence electrons. The van der Waals surface area contributed by atoms with Gasteiger partial charge in [0.05, 0.1) is 5.30 Å². The Morgan fingerprint density at radius 3 is 2.18 bits per heavy atom. The fraction of sp³-hybridized carbons (Fsp3) is 0. The summed E-state index contributed by atoms with van der Waals surface area (Å²) in [6, 6.07) is 9.92. The molecule has 0 saturated carbocycles. The number of hydrogen-bond donors (Lipinski definition) is 0. The Hall–Kier alpha value is -1.01. The van der Waals surface area contributed by atoms with Crippen LogP contribution in [0.4, 0.5) is 0 Å². The van der Waals surface area contributed by atoms with E-state index in [0.717, 1.165) is 5.30 Å². The second-order valence-corrected chi connectivity index (χ2v) is 3.53. The Balaban J connectivity index is 2.17.